The number of imidazole rings is 1. The highest BCUT2D eigenvalue weighted by Gasteiger charge is 2.43. The van der Waals surface area contributed by atoms with Gasteiger partial charge in [0.2, 0.25) is 17.7 Å². The number of aromatic nitrogens is 2. The molecule has 10 heteroatoms. The molecule has 0 bridgehead atoms. The maximum Gasteiger partial charge on any atom is 0.245 e. The molecule has 2 aromatic carbocycles. The molecule has 1 aliphatic heterocycles. The van der Waals surface area contributed by atoms with Gasteiger partial charge >= 0.3 is 0 Å². The van der Waals surface area contributed by atoms with Crippen molar-refractivity contribution in [2.75, 3.05) is 20.2 Å². The SMILES string of the molecule is CCCC(=O)C1(c2ccccc2)CCN(C(=O)C(Cc2ccc(OC)cc2)NC(=O)C(Cc2cnc[nH]2)NC(C)=O)CC1. The summed E-state index contributed by atoms with van der Waals surface area (Å²) < 4.78 is 5.27. The van der Waals surface area contributed by atoms with Gasteiger partial charge in [-0.3, -0.25) is 19.2 Å². The van der Waals surface area contributed by atoms with E-state index in [0.717, 1.165) is 17.5 Å². The molecule has 10 nitrogen and oxygen atoms in total. The zero-order valence-electron chi connectivity index (χ0n) is 25.1. The number of carbonyl (C=O) groups excluding carboxylic acids is 4. The Morgan fingerprint density at radius 2 is 1.67 bits per heavy atom. The highest BCUT2D eigenvalue weighted by atomic mass is 16.5. The van der Waals surface area contributed by atoms with Gasteiger partial charge in [-0.25, -0.2) is 4.98 Å². The molecule has 0 spiro atoms. The van der Waals surface area contributed by atoms with Crippen LogP contribution >= 0.6 is 0 Å². The van der Waals surface area contributed by atoms with Crippen LogP contribution in [0.15, 0.2) is 67.1 Å². The van der Waals surface area contributed by atoms with E-state index in [-0.39, 0.29) is 30.4 Å². The number of aromatic amines is 1. The number of likely N-dealkylation sites (tertiary alicyclic amines) is 1. The van der Waals surface area contributed by atoms with Crippen molar-refractivity contribution in [3.63, 3.8) is 0 Å². The highest BCUT2D eigenvalue weighted by molar-refractivity contribution is 5.93. The normalized spacial score (nSPS) is 15.7. The first kappa shape index (κ1) is 31.5. The number of Topliss-reactive ketones (excluding diaryl/α,β-unsaturated/α-hetero) is 1. The van der Waals surface area contributed by atoms with E-state index in [1.54, 1.807) is 18.2 Å². The Morgan fingerprint density at radius 3 is 2.26 bits per heavy atom. The van der Waals surface area contributed by atoms with Crippen molar-refractivity contribution >= 4 is 23.5 Å². The number of rotatable bonds is 13. The Balaban J connectivity index is 1.55. The summed E-state index contributed by atoms with van der Waals surface area (Å²) in [6.07, 6.45) is 5.82. The minimum atomic E-state index is -0.900. The second-order valence-electron chi connectivity index (χ2n) is 11.1. The summed E-state index contributed by atoms with van der Waals surface area (Å²) in [6, 6.07) is 15.4. The summed E-state index contributed by atoms with van der Waals surface area (Å²) in [5.74, 6) is -0.163. The third-order valence-electron chi connectivity index (χ3n) is 8.15. The number of ketones is 1. The van der Waals surface area contributed by atoms with Crippen LogP contribution in [0, 0.1) is 0 Å². The van der Waals surface area contributed by atoms with Crippen LogP contribution in [-0.4, -0.2) is 70.7 Å². The van der Waals surface area contributed by atoms with Gasteiger partial charge in [0.05, 0.1) is 18.9 Å². The standard InChI is InChI=1S/C33H41N5O5/c1-4-8-30(40)33(25-9-6-5-7-10-25)15-17-38(18-16-33)32(42)29(19-24-11-13-27(43-3)14-12-24)37-31(41)28(36-23(2)39)20-26-21-34-22-35-26/h5-7,9-14,21-22,28-29H,4,8,15-20H2,1-3H3,(H,34,35)(H,36,39)(H,37,41). The van der Waals surface area contributed by atoms with Crippen LogP contribution in [-0.2, 0) is 37.4 Å². The lowest BCUT2D eigenvalue weighted by atomic mass is 9.68. The van der Waals surface area contributed by atoms with Crippen LogP contribution in [0.25, 0.3) is 0 Å². The van der Waals surface area contributed by atoms with Crippen molar-refractivity contribution < 1.29 is 23.9 Å². The van der Waals surface area contributed by atoms with E-state index in [4.69, 9.17) is 4.74 Å². The number of methoxy groups -OCH3 is 1. The fraction of sp³-hybridized carbons (Fsp3) is 0.424. The van der Waals surface area contributed by atoms with Gasteiger partial charge in [0.25, 0.3) is 0 Å². The van der Waals surface area contributed by atoms with Gasteiger partial charge < -0.3 is 25.3 Å². The number of carbonyl (C=O) groups is 4. The molecule has 1 aliphatic rings. The molecule has 0 radical (unpaired) electrons. The first-order chi connectivity index (χ1) is 20.8. The predicted octanol–water partition coefficient (Wildman–Crippen LogP) is 3.12. The van der Waals surface area contributed by atoms with Gasteiger partial charge in [0, 0.05) is 51.2 Å². The van der Waals surface area contributed by atoms with Crippen molar-refractivity contribution in [2.45, 2.75) is 69.9 Å². The smallest absolute Gasteiger partial charge is 0.245 e. The number of H-pyrrole nitrogens is 1. The summed E-state index contributed by atoms with van der Waals surface area (Å²) in [7, 11) is 1.58. The molecule has 1 saturated heterocycles. The molecule has 3 aromatic rings. The maximum atomic E-state index is 14.1. The Morgan fingerprint density at radius 1 is 0.977 bits per heavy atom. The molecule has 1 aromatic heterocycles. The van der Waals surface area contributed by atoms with Crippen LogP contribution in [0.2, 0.25) is 0 Å². The minimum absolute atomic E-state index is 0.192. The molecule has 1 fully saturated rings. The van der Waals surface area contributed by atoms with E-state index in [1.165, 1.54) is 13.3 Å². The Hall–Kier alpha value is -4.47. The zero-order valence-corrected chi connectivity index (χ0v) is 25.1. The Bertz CT molecular complexity index is 1370. The van der Waals surface area contributed by atoms with Crippen LogP contribution in [0.3, 0.4) is 0 Å². The number of amides is 3. The minimum Gasteiger partial charge on any atom is -0.497 e. The van der Waals surface area contributed by atoms with E-state index < -0.39 is 23.4 Å². The molecule has 3 amide bonds. The van der Waals surface area contributed by atoms with E-state index in [1.807, 2.05) is 61.5 Å². The average Bonchev–Trinajstić information content (AvgIpc) is 3.54. The number of nitrogens with one attached hydrogen (secondary N) is 3. The highest BCUT2D eigenvalue weighted by Crippen LogP contribution is 2.38. The Kier molecular flexibility index (Phi) is 10.7. The molecular formula is C33H41N5O5. The zero-order chi connectivity index (χ0) is 30.8. The molecule has 0 aliphatic carbocycles. The van der Waals surface area contributed by atoms with Gasteiger partial charge in [-0.1, -0.05) is 49.4 Å². The number of benzene rings is 2. The van der Waals surface area contributed by atoms with Crippen molar-refractivity contribution in [1.29, 1.82) is 0 Å². The third-order valence-corrected chi connectivity index (χ3v) is 8.15. The van der Waals surface area contributed by atoms with Crippen molar-refractivity contribution in [1.82, 2.24) is 25.5 Å². The van der Waals surface area contributed by atoms with Crippen LogP contribution in [0.1, 0.15) is 56.4 Å². The lowest BCUT2D eigenvalue weighted by Gasteiger charge is -2.42. The second-order valence-corrected chi connectivity index (χ2v) is 11.1. The topological polar surface area (TPSA) is 133 Å². The van der Waals surface area contributed by atoms with Gasteiger partial charge in [-0.05, 0) is 42.5 Å². The van der Waals surface area contributed by atoms with Crippen molar-refractivity contribution in [3.05, 3.63) is 83.9 Å². The first-order valence-corrected chi connectivity index (χ1v) is 14.8. The van der Waals surface area contributed by atoms with Crippen LogP contribution in [0.5, 0.6) is 5.75 Å². The predicted molar refractivity (Wildman–Crippen MR) is 162 cm³/mol. The monoisotopic (exact) mass is 587 g/mol. The lowest BCUT2D eigenvalue weighted by molar-refractivity contribution is -0.140. The molecule has 0 saturated carbocycles. The lowest BCUT2D eigenvalue weighted by Crippen LogP contribution is -2.57. The third kappa shape index (κ3) is 7.88. The molecule has 2 unspecified atom stereocenters. The van der Waals surface area contributed by atoms with Gasteiger partial charge in [0.15, 0.2) is 0 Å². The van der Waals surface area contributed by atoms with Gasteiger partial charge in [-0.2, -0.15) is 0 Å². The van der Waals surface area contributed by atoms with Crippen molar-refractivity contribution in [2.24, 2.45) is 0 Å². The van der Waals surface area contributed by atoms with Crippen LogP contribution < -0.4 is 15.4 Å². The average molecular weight is 588 g/mol. The molecule has 2 atom stereocenters. The molecule has 43 heavy (non-hydrogen) atoms. The molecular weight excluding hydrogens is 546 g/mol. The van der Waals surface area contributed by atoms with Crippen LogP contribution in [0.4, 0.5) is 0 Å². The number of hydrogen-bond acceptors (Lipinski definition) is 6. The fourth-order valence-electron chi connectivity index (χ4n) is 5.82. The van der Waals surface area contributed by atoms with Crippen molar-refractivity contribution in [3.8, 4) is 5.75 Å². The number of piperidine rings is 1. The first-order valence-electron chi connectivity index (χ1n) is 14.8. The number of ether oxygens (including phenoxy) is 1. The van der Waals surface area contributed by atoms with Gasteiger partial charge in [-0.15, -0.1) is 0 Å². The Labute approximate surface area is 252 Å². The summed E-state index contributed by atoms with van der Waals surface area (Å²) in [6.45, 7) is 4.13. The number of nitrogens with zero attached hydrogens (tertiary/aromatic N) is 2. The summed E-state index contributed by atoms with van der Waals surface area (Å²) >= 11 is 0. The quantitative estimate of drug-likeness (QED) is 0.282. The van der Waals surface area contributed by atoms with E-state index in [2.05, 4.69) is 20.6 Å². The van der Waals surface area contributed by atoms with E-state index >= 15 is 0 Å². The molecule has 3 N–H and O–H groups in total. The van der Waals surface area contributed by atoms with E-state index in [9.17, 15) is 19.2 Å². The maximum absolute atomic E-state index is 14.1. The van der Waals surface area contributed by atoms with E-state index in [0.29, 0.717) is 43.8 Å². The molecule has 4 rings (SSSR count). The molecule has 2 heterocycles. The fourth-order valence-corrected chi connectivity index (χ4v) is 5.82. The molecule has 228 valence electrons. The summed E-state index contributed by atoms with van der Waals surface area (Å²) in [5, 5.41) is 5.62. The van der Waals surface area contributed by atoms with Gasteiger partial charge in [0.1, 0.15) is 23.6 Å². The summed E-state index contributed by atoms with van der Waals surface area (Å²) in [5.41, 5.74) is 1.87. The second kappa shape index (κ2) is 14.6. The largest absolute Gasteiger partial charge is 0.497 e. The number of hydrogen-bond donors (Lipinski definition) is 3. The summed E-state index contributed by atoms with van der Waals surface area (Å²) in [4.78, 5) is 61.7.